The van der Waals surface area contributed by atoms with Gasteiger partial charge < -0.3 is 10.0 Å². The predicted octanol–water partition coefficient (Wildman–Crippen LogP) is 1.37. The molecular formula is C16H27N3O2. The number of unbranched alkanes of at least 4 members (excludes halogenated alkanes) is 2. The third-order valence-corrected chi connectivity index (χ3v) is 3.67. The van der Waals surface area contributed by atoms with Crippen molar-refractivity contribution in [3.05, 3.63) is 35.4 Å². The van der Waals surface area contributed by atoms with Crippen LogP contribution in [0.2, 0.25) is 0 Å². The van der Waals surface area contributed by atoms with E-state index in [0.717, 1.165) is 37.9 Å². The van der Waals surface area contributed by atoms with E-state index >= 15 is 0 Å². The lowest BCUT2D eigenvalue weighted by atomic mass is 9.99. The van der Waals surface area contributed by atoms with Crippen LogP contribution in [0.15, 0.2) is 24.3 Å². The average Bonchev–Trinajstić information content (AvgIpc) is 2.51. The van der Waals surface area contributed by atoms with E-state index in [0.29, 0.717) is 0 Å². The molecule has 1 atom stereocenters. The Kier molecular flexibility index (Phi) is 7.97. The van der Waals surface area contributed by atoms with E-state index in [4.69, 9.17) is 10.9 Å². The molecule has 0 spiro atoms. The van der Waals surface area contributed by atoms with Crippen LogP contribution < -0.4 is 11.3 Å². The van der Waals surface area contributed by atoms with Gasteiger partial charge >= 0.3 is 0 Å². The maximum atomic E-state index is 11.5. The first-order valence-electron chi connectivity index (χ1n) is 7.47. The maximum absolute atomic E-state index is 11.5. The van der Waals surface area contributed by atoms with Crippen molar-refractivity contribution >= 4 is 5.91 Å². The minimum Gasteiger partial charge on any atom is -0.396 e. The molecule has 0 aliphatic rings. The third kappa shape index (κ3) is 6.25. The number of aliphatic hydroxyl groups excluding tert-OH is 1. The van der Waals surface area contributed by atoms with Crippen molar-refractivity contribution in [1.29, 1.82) is 0 Å². The summed E-state index contributed by atoms with van der Waals surface area (Å²) < 4.78 is 0. The summed E-state index contributed by atoms with van der Waals surface area (Å²) in [6, 6.07) is 8.07. The van der Waals surface area contributed by atoms with Gasteiger partial charge in [-0.05, 0) is 50.9 Å². The molecule has 0 aromatic heterocycles. The number of hydrogen-bond donors (Lipinski definition) is 3. The van der Waals surface area contributed by atoms with E-state index in [9.17, 15) is 4.79 Å². The van der Waals surface area contributed by atoms with Gasteiger partial charge in [0.2, 0.25) is 5.91 Å². The summed E-state index contributed by atoms with van der Waals surface area (Å²) in [6.07, 6.45) is 3.04. The van der Waals surface area contributed by atoms with E-state index in [1.54, 1.807) is 0 Å². The molecule has 1 amide bonds. The van der Waals surface area contributed by atoms with E-state index in [1.165, 1.54) is 5.56 Å². The van der Waals surface area contributed by atoms with Gasteiger partial charge in [-0.3, -0.25) is 10.2 Å². The molecule has 0 aliphatic heterocycles. The van der Waals surface area contributed by atoms with Crippen molar-refractivity contribution in [3.8, 4) is 0 Å². The second-order valence-corrected chi connectivity index (χ2v) is 5.49. The number of nitrogens with one attached hydrogen (secondary N) is 1. The molecule has 1 unspecified atom stereocenters. The summed E-state index contributed by atoms with van der Waals surface area (Å²) in [4.78, 5) is 13.8. The van der Waals surface area contributed by atoms with Crippen LogP contribution in [0.25, 0.3) is 0 Å². The number of carbonyl (C=O) groups is 1. The zero-order chi connectivity index (χ0) is 15.7. The SMILES string of the molecule is CC(C(=O)NN)c1ccc(CN(C)CCCCCO)cc1. The molecule has 5 heteroatoms. The van der Waals surface area contributed by atoms with Gasteiger partial charge in [-0.1, -0.05) is 24.3 Å². The summed E-state index contributed by atoms with van der Waals surface area (Å²) in [7, 11) is 2.09. The molecule has 4 N–H and O–H groups in total. The summed E-state index contributed by atoms with van der Waals surface area (Å²) in [5, 5.41) is 8.74. The molecule has 0 saturated heterocycles. The Hall–Kier alpha value is -1.43. The highest BCUT2D eigenvalue weighted by molar-refractivity contribution is 5.82. The Bertz CT molecular complexity index is 420. The quantitative estimate of drug-likeness (QED) is 0.278. The lowest BCUT2D eigenvalue weighted by Crippen LogP contribution is -2.33. The van der Waals surface area contributed by atoms with Crippen molar-refractivity contribution in [2.75, 3.05) is 20.2 Å². The van der Waals surface area contributed by atoms with Crippen LogP contribution in [-0.2, 0) is 11.3 Å². The molecule has 118 valence electrons. The topological polar surface area (TPSA) is 78.6 Å². The smallest absolute Gasteiger partial charge is 0.241 e. The number of aliphatic hydroxyl groups is 1. The Labute approximate surface area is 127 Å². The van der Waals surface area contributed by atoms with Crippen LogP contribution in [0.4, 0.5) is 0 Å². The highest BCUT2D eigenvalue weighted by atomic mass is 16.2. The number of rotatable bonds is 9. The molecule has 1 rings (SSSR count). The number of hydrogen-bond acceptors (Lipinski definition) is 4. The van der Waals surface area contributed by atoms with Crippen LogP contribution >= 0.6 is 0 Å². The van der Waals surface area contributed by atoms with E-state index < -0.39 is 0 Å². The molecule has 1 aromatic carbocycles. The normalized spacial score (nSPS) is 12.4. The van der Waals surface area contributed by atoms with Crippen LogP contribution in [0.1, 0.15) is 43.2 Å². The molecule has 1 aromatic rings. The van der Waals surface area contributed by atoms with Gasteiger partial charge in [-0.25, -0.2) is 5.84 Å². The predicted molar refractivity (Wildman–Crippen MR) is 84.5 cm³/mol. The number of hydrazine groups is 1. The van der Waals surface area contributed by atoms with Crippen molar-refractivity contribution < 1.29 is 9.90 Å². The molecule has 21 heavy (non-hydrogen) atoms. The van der Waals surface area contributed by atoms with Crippen LogP contribution in [0.5, 0.6) is 0 Å². The zero-order valence-corrected chi connectivity index (χ0v) is 13.0. The first-order chi connectivity index (χ1) is 10.1. The highest BCUT2D eigenvalue weighted by Gasteiger charge is 2.13. The number of nitrogens with two attached hydrogens (primary N) is 1. The minimum absolute atomic E-state index is 0.177. The van der Waals surface area contributed by atoms with Crippen molar-refractivity contribution in [3.63, 3.8) is 0 Å². The van der Waals surface area contributed by atoms with E-state index in [2.05, 4.69) is 29.5 Å². The second kappa shape index (κ2) is 9.50. The average molecular weight is 293 g/mol. The number of nitrogens with zero attached hydrogens (tertiary/aromatic N) is 1. The molecule has 0 radical (unpaired) electrons. The molecule has 0 saturated carbocycles. The van der Waals surface area contributed by atoms with Gasteiger partial charge in [0, 0.05) is 13.2 Å². The molecule has 0 heterocycles. The van der Waals surface area contributed by atoms with Crippen molar-refractivity contribution in [1.82, 2.24) is 10.3 Å². The lowest BCUT2D eigenvalue weighted by molar-refractivity contribution is -0.122. The van der Waals surface area contributed by atoms with E-state index in [1.807, 2.05) is 19.1 Å². The Morgan fingerprint density at radius 3 is 2.52 bits per heavy atom. The number of amides is 1. The highest BCUT2D eigenvalue weighted by Crippen LogP contribution is 2.16. The number of benzene rings is 1. The van der Waals surface area contributed by atoms with Crippen molar-refractivity contribution in [2.45, 2.75) is 38.6 Å². The standard InChI is InChI=1S/C16H27N3O2/c1-13(16(21)18-17)15-8-6-14(7-9-15)12-19(2)10-4-3-5-11-20/h6-9,13,20H,3-5,10-12,17H2,1-2H3,(H,18,21). The fourth-order valence-electron chi connectivity index (χ4n) is 2.25. The summed E-state index contributed by atoms with van der Waals surface area (Å²) in [5.74, 6) is 4.74. The zero-order valence-electron chi connectivity index (χ0n) is 13.0. The van der Waals surface area contributed by atoms with Gasteiger partial charge in [0.1, 0.15) is 0 Å². The molecular weight excluding hydrogens is 266 g/mol. The van der Waals surface area contributed by atoms with Gasteiger partial charge in [0.05, 0.1) is 5.92 Å². The molecule has 0 bridgehead atoms. The summed E-state index contributed by atoms with van der Waals surface area (Å²) >= 11 is 0. The Morgan fingerprint density at radius 2 is 1.95 bits per heavy atom. The number of carbonyl (C=O) groups excluding carboxylic acids is 1. The third-order valence-electron chi connectivity index (χ3n) is 3.67. The van der Waals surface area contributed by atoms with Crippen LogP contribution in [0.3, 0.4) is 0 Å². The monoisotopic (exact) mass is 293 g/mol. The van der Waals surface area contributed by atoms with Crippen molar-refractivity contribution in [2.24, 2.45) is 5.84 Å². The summed E-state index contributed by atoms with van der Waals surface area (Å²) in [6.45, 7) is 4.02. The molecule has 5 nitrogen and oxygen atoms in total. The fourth-order valence-corrected chi connectivity index (χ4v) is 2.25. The van der Waals surface area contributed by atoms with Gasteiger partial charge in [-0.15, -0.1) is 0 Å². The largest absolute Gasteiger partial charge is 0.396 e. The Balaban J connectivity index is 2.45. The van der Waals surface area contributed by atoms with Gasteiger partial charge in [0.15, 0.2) is 0 Å². The first-order valence-corrected chi connectivity index (χ1v) is 7.47. The Morgan fingerprint density at radius 1 is 1.29 bits per heavy atom. The fraction of sp³-hybridized carbons (Fsp3) is 0.562. The summed E-state index contributed by atoms with van der Waals surface area (Å²) in [5.41, 5.74) is 4.37. The lowest BCUT2D eigenvalue weighted by Gasteiger charge is -2.17. The van der Waals surface area contributed by atoms with Gasteiger partial charge in [-0.2, -0.15) is 0 Å². The second-order valence-electron chi connectivity index (χ2n) is 5.49. The van der Waals surface area contributed by atoms with Crippen LogP contribution in [0, 0.1) is 0 Å². The molecule has 0 aliphatic carbocycles. The first kappa shape index (κ1) is 17.6. The maximum Gasteiger partial charge on any atom is 0.241 e. The molecule has 0 fully saturated rings. The van der Waals surface area contributed by atoms with E-state index in [-0.39, 0.29) is 18.4 Å². The van der Waals surface area contributed by atoms with Gasteiger partial charge in [0.25, 0.3) is 0 Å². The minimum atomic E-state index is -0.236. The van der Waals surface area contributed by atoms with Crippen LogP contribution in [-0.4, -0.2) is 36.1 Å².